The molecule has 0 bridgehead atoms. The maximum atomic E-state index is 14.7. The Morgan fingerprint density at radius 1 is 0.630 bits per heavy atom. The zero-order valence-electron chi connectivity index (χ0n) is 65.5. The Bertz CT molecular complexity index is 3510. The lowest BCUT2D eigenvalue weighted by molar-refractivity contribution is -0.128. The molecule has 9 nitrogen and oxygen atoms in total. The Morgan fingerprint density at radius 2 is 1.13 bits per heavy atom. The smallest absolute Gasteiger partial charge is 0.192 e. The third kappa shape index (κ3) is 20.3. The summed E-state index contributed by atoms with van der Waals surface area (Å²) in [6.45, 7) is 52.7. The predicted octanol–water partition coefficient (Wildman–Crippen LogP) is 20.3. The fourth-order valence-electron chi connectivity index (χ4n) is 16.5. The van der Waals surface area contributed by atoms with Gasteiger partial charge in [-0.05, 0) is 219 Å². The van der Waals surface area contributed by atoms with E-state index in [-0.39, 0.29) is 55.5 Å². The summed E-state index contributed by atoms with van der Waals surface area (Å²) in [5, 5.41) is 32.1. The van der Waals surface area contributed by atoms with Gasteiger partial charge in [0, 0.05) is 78.8 Å². The first-order valence-electron chi connectivity index (χ1n) is 38.2. The van der Waals surface area contributed by atoms with Crippen LogP contribution < -0.4 is 10.6 Å². The monoisotopic (exact) mass is 1430 g/mol. The molecule has 3 N–H and O–H groups in total. The number of carbonyl (C=O) groups is 1. The average molecular weight is 1440 g/mol. The largest absolute Gasteiger partial charge is 0.413 e. The van der Waals surface area contributed by atoms with Gasteiger partial charge in [0.1, 0.15) is 24.1 Å². The molecule has 9 aliphatic rings. The normalized spacial score (nSPS) is 28.7. The van der Waals surface area contributed by atoms with Gasteiger partial charge in [0.25, 0.3) is 0 Å². The Labute approximate surface area is 610 Å². The highest BCUT2D eigenvalue weighted by Crippen LogP contribution is 2.68. The fourth-order valence-corrected chi connectivity index (χ4v) is 23.3. The quantitative estimate of drug-likeness (QED) is 0.0690. The molecule has 7 fully saturated rings. The van der Waals surface area contributed by atoms with E-state index in [4.69, 9.17) is 18.0 Å². The summed E-state index contributed by atoms with van der Waals surface area (Å²) in [6.07, 6.45) is 31.2. The molecule has 8 aliphatic carbocycles. The number of aliphatic hydroxyl groups excluding tert-OH is 2. The maximum Gasteiger partial charge on any atom is 0.192 e. The summed E-state index contributed by atoms with van der Waals surface area (Å²) in [5.41, 5.74) is 8.07. The van der Waals surface area contributed by atoms with Gasteiger partial charge in [-0.2, -0.15) is 0 Å². The Balaban J connectivity index is 0.000000188. The molecule has 1 saturated heterocycles. The van der Waals surface area contributed by atoms with E-state index in [0.29, 0.717) is 30.7 Å². The lowest BCUT2D eigenvalue weighted by atomic mass is 9.61. The first-order valence-corrected chi connectivity index (χ1v) is 49.3. The van der Waals surface area contributed by atoms with Crippen molar-refractivity contribution in [2.75, 3.05) is 19.4 Å². The topological polar surface area (TPSA) is 132 Å². The van der Waals surface area contributed by atoms with Gasteiger partial charge in [0.05, 0.1) is 24.4 Å². The number of carbonyl (C=O) groups excluding carboxylic acids is 1. The Morgan fingerprint density at radius 3 is 1.62 bits per heavy atom. The number of Topliss-reactive ketones (excluding diaryl/α,β-unsaturated/α-hetero) is 1. The third-order valence-corrected chi connectivity index (χ3v) is 37.4. The molecule has 100 heavy (non-hydrogen) atoms. The lowest BCUT2D eigenvalue weighted by Gasteiger charge is -2.45. The highest BCUT2D eigenvalue weighted by Gasteiger charge is 2.59. The van der Waals surface area contributed by atoms with Crippen molar-refractivity contribution in [1.29, 1.82) is 0 Å². The molecule has 0 spiro atoms. The molecule has 2 aromatic rings. The molecule has 13 heteroatoms. The Hall–Kier alpha value is -3.99. The van der Waals surface area contributed by atoms with Crippen LogP contribution >= 0.6 is 7.14 Å². The van der Waals surface area contributed by atoms with Gasteiger partial charge >= 0.3 is 0 Å². The van der Waals surface area contributed by atoms with E-state index in [1.54, 1.807) is 25.0 Å². The first-order chi connectivity index (χ1) is 46.4. The molecule has 0 amide bonds. The van der Waals surface area contributed by atoms with Crippen LogP contribution in [-0.2, 0) is 27.4 Å². The van der Waals surface area contributed by atoms with E-state index < -0.39 is 49.9 Å². The molecule has 2 aromatic carbocycles. The highest BCUT2D eigenvalue weighted by molar-refractivity contribution is 7.78. The molecular formula is C87H131O9PSi3. The van der Waals surface area contributed by atoms with Crippen LogP contribution in [0.15, 0.2) is 143 Å². The summed E-state index contributed by atoms with van der Waals surface area (Å²) in [5.74, 6) is 14.4. The molecule has 550 valence electrons. The number of aliphatic hydroxyl groups is 3. The summed E-state index contributed by atoms with van der Waals surface area (Å²) < 4.78 is 39.8. The van der Waals surface area contributed by atoms with Crippen molar-refractivity contribution in [2.24, 2.45) is 33.5 Å². The van der Waals surface area contributed by atoms with Gasteiger partial charge in [-0.3, -0.25) is 4.79 Å². The van der Waals surface area contributed by atoms with Crippen LogP contribution in [0.1, 0.15) is 212 Å². The number of allylic oxidation sites excluding steroid dienone is 8. The van der Waals surface area contributed by atoms with Crippen molar-refractivity contribution in [3.8, 4) is 23.7 Å². The van der Waals surface area contributed by atoms with Gasteiger partial charge in [-0.1, -0.05) is 200 Å². The molecule has 1 aliphatic heterocycles. The molecule has 4 unspecified atom stereocenters. The Kier molecular flexibility index (Phi) is 26.1. The second kappa shape index (κ2) is 32.0. The summed E-state index contributed by atoms with van der Waals surface area (Å²) >= 11 is 0. The zero-order chi connectivity index (χ0) is 73.8. The van der Waals surface area contributed by atoms with E-state index in [2.05, 4.69) is 182 Å². The third-order valence-electron chi connectivity index (χ3n) is 24.3. The van der Waals surface area contributed by atoms with E-state index in [9.17, 15) is 24.7 Å². The number of ether oxygens (including phenoxy) is 1. The maximum absolute atomic E-state index is 14.7. The van der Waals surface area contributed by atoms with E-state index >= 15 is 0 Å². The SMILES string of the molecule is C1CCOC1.C=C1/C(=C\C=C2/CCC[C@]3(C)C(C4(CC#CC(C)(C)O)CC4)=CCC23)CC(O)C[C@@H]1O.C=C1/C(=C\CP(=O)(c2ccccc2)c2ccccc2)CC(O[Si](C)(C)C(C)(C)C)C[C@@H]1O[Si](C)(C)C(C)(C)C.CC(C)(C#CCC1(C2=CCC3C(=O)CCC[C@]23C)CC1)O[Si](C)(C)C. The minimum absolute atomic E-state index is 0.0604. The summed E-state index contributed by atoms with van der Waals surface area (Å²) in [4.78, 5) is 12.4. The van der Waals surface area contributed by atoms with E-state index in [1.807, 2.05) is 60.7 Å². The number of benzene rings is 2. The minimum Gasteiger partial charge on any atom is -0.413 e. The first kappa shape index (κ1) is 81.7. The summed E-state index contributed by atoms with van der Waals surface area (Å²) in [6, 6.07) is 19.8. The second-order valence-corrected chi connectivity index (χ2v) is 53.5. The molecular weight excluding hydrogens is 1300 g/mol. The van der Waals surface area contributed by atoms with Crippen molar-refractivity contribution in [3.05, 3.63) is 143 Å². The molecule has 1 heterocycles. The van der Waals surface area contributed by atoms with Crippen molar-refractivity contribution >= 4 is 48.5 Å². The van der Waals surface area contributed by atoms with Crippen molar-refractivity contribution in [2.45, 2.75) is 303 Å². The van der Waals surface area contributed by atoms with E-state index in [0.717, 1.165) is 104 Å². The molecule has 6 saturated carbocycles. The van der Waals surface area contributed by atoms with E-state index in [1.165, 1.54) is 63.4 Å². The van der Waals surface area contributed by atoms with Crippen molar-refractivity contribution < 1.29 is 42.7 Å². The van der Waals surface area contributed by atoms with Crippen LogP contribution in [0.25, 0.3) is 0 Å². The molecule has 8 atom stereocenters. The van der Waals surface area contributed by atoms with Gasteiger partial charge in [-0.25, -0.2) is 0 Å². The van der Waals surface area contributed by atoms with Crippen LogP contribution in [0.2, 0.25) is 55.9 Å². The minimum atomic E-state index is -2.87. The van der Waals surface area contributed by atoms with Crippen molar-refractivity contribution in [1.82, 2.24) is 0 Å². The van der Waals surface area contributed by atoms with Gasteiger partial charge in [0.15, 0.2) is 25.0 Å². The van der Waals surface area contributed by atoms with Crippen LogP contribution in [0.3, 0.4) is 0 Å². The zero-order valence-corrected chi connectivity index (χ0v) is 69.4. The number of ketones is 1. The predicted molar refractivity (Wildman–Crippen MR) is 426 cm³/mol. The molecule has 11 rings (SSSR count). The number of fused-ring (bicyclic) bond motifs is 2. The second-order valence-electron chi connectivity index (χ2n) is 36.7. The van der Waals surface area contributed by atoms with Gasteiger partial charge in [0.2, 0.25) is 0 Å². The molecule has 0 aromatic heterocycles. The van der Waals surface area contributed by atoms with Crippen molar-refractivity contribution in [3.63, 3.8) is 0 Å². The van der Waals surface area contributed by atoms with Gasteiger partial charge in [-0.15, -0.1) is 0 Å². The van der Waals surface area contributed by atoms with Crippen LogP contribution in [0.5, 0.6) is 0 Å². The van der Waals surface area contributed by atoms with Crippen LogP contribution in [0, 0.1) is 57.2 Å². The molecule has 0 radical (unpaired) electrons. The van der Waals surface area contributed by atoms with Crippen LogP contribution in [-0.4, -0.2) is 101 Å². The number of hydrogen-bond donors (Lipinski definition) is 3. The number of rotatable bonds is 15. The van der Waals surface area contributed by atoms with Crippen LogP contribution in [0.4, 0.5) is 0 Å². The van der Waals surface area contributed by atoms with Gasteiger partial charge < -0.3 is 37.9 Å². The average Bonchev–Trinajstić information content (AvgIpc) is 1.56. The lowest BCUT2D eigenvalue weighted by Crippen LogP contribution is -2.49. The number of hydrogen-bond acceptors (Lipinski definition) is 9. The summed E-state index contributed by atoms with van der Waals surface area (Å²) in [7, 11) is -8.50. The highest BCUT2D eigenvalue weighted by atomic mass is 31.2. The fraction of sp³-hybridized carbons (Fsp3) is 0.644. The standard InChI is InChI=1S/C33H51O3PSi2.C28H38O3.C22H34O2Si.C4H8O/c1-26-27(22-23-37(34,29-18-14-12-15-19-29)30-20-16-13-17-21-30)24-28(35-38(8,9)32(2,3)4)25-31(26)36-39(10,11)33(5,6)7;1-19-21(17-22(29)18-24(19)30)9-8-20-7-5-13-27(4)23(20)10-11-25(27)28(15-16-28)14-6-12-26(2,3)31;1-20(2,24-25(4,5)6)12-8-14-22(15-16-22)19-11-10-17-18(23)9-7-13-21(17,19)3;1-2-4-5-3-1/h12-22,28,31H,1,23-25H2,2-11H3;8-9,11,22-24,29-31H,1,5,7,10,13-18H2,2-4H3;11,17H,7,9-10,13-16H2,1-6H3;1-4H2/b27-22-;20-8+,21-9-;;/t28?,31-;22?,23?,24-,27-;17?,21-;/m000./s1.